The molecule has 23 heavy (non-hydrogen) atoms. The van der Waals surface area contributed by atoms with Gasteiger partial charge < -0.3 is 0 Å². The van der Waals surface area contributed by atoms with Crippen LogP contribution in [0.15, 0.2) is 58.9 Å². The molecule has 2 aliphatic carbocycles. The molecule has 0 saturated heterocycles. The Hall–Kier alpha value is -1.28. The van der Waals surface area contributed by atoms with Crippen molar-refractivity contribution in [3.63, 3.8) is 0 Å². The molecule has 0 spiro atoms. The summed E-state index contributed by atoms with van der Waals surface area (Å²) in [6.07, 6.45) is 4.47. The molecule has 114 valence electrons. The molecule has 2 aromatic carbocycles. The highest BCUT2D eigenvalue weighted by molar-refractivity contribution is 6.62. The quantitative estimate of drug-likeness (QED) is 0.478. The van der Waals surface area contributed by atoms with E-state index in [2.05, 4.69) is 74.5 Å². The fourth-order valence-corrected chi connectivity index (χ4v) is 5.65. The van der Waals surface area contributed by atoms with Crippen LogP contribution in [0.1, 0.15) is 36.1 Å². The van der Waals surface area contributed by atoms with E-state index in [0.29, 0.717) is 9.52 Å². The van der Waals surface area contributed by atoms with Gasteiger partial charge >= 0.3 is 0 Å². The molecule has 0 aliphatic heterocycles. The lowest BCUT2D eigenvalue weighted by atomic mass is 10.0. The number of rotatable bonds is 2. The second-order valence-corrected chi connectivity index (χ2v) is 9.26. The highest BCUT2D eigenvalue weighted by Gasteiger charge is 2.40. The lowest BCUT2D eigenvalue weighted by molar-refractivity contribution is 0.844. The number of benzene rings is 2. The maximum Gasteiger partial charge on any atom is 0.115 e. The normalized spacial score (nSPS) is 28.2. The summed E-state index contributed by atoms with van der Waals surface area (Å²) in [5.74, 6) is 0. The monoisotopic (exact) mass is 354 g/mol. The summed E-state index contributed by atoms with van der Waals surface area (Å²) in [5, 5.41) is 2.48. The first-order valence-corrected chi connectivity index (χ1v) is 9.44. The molecule has 2 unspecified atom stereocenters. The number of fused-ring (bicyclic) bond motifs is 2. The van der Waals surface area contributed by atoms with Gasteiger partial charge in [0.05, 0.1) is 9.75 Å². The first-order valence-electron chi connectivity index (χ1n) is 7.69. The molecular weight excluding hydrogens is 339 g/mol. The summed E-state index contributed by atoms with van der Waals surface area (Å²) < 4.78 is 0. The number of allylic oxidation sites excluding steroid dienone is 2. The van der Waals surface area contributed by atoms with E-state index in [1.54, 1.807) is 0 Å². The third kappa shape index (κ3) is 2.26. The molecule has 0 bridgehead atoms. The Labute approximate surface area is 149 Å². The van der Waals surface area contributed by atoms with Crippen molar-refractivity contribution >= 4 is 44.9 Å². The smallest absolute Gasteiger partial charge is 0.110 e. The summed E-state index contributed by atoms with van der Waals surface area (Å²) in [7, 11) is 0.493. The highest BCUT2D eigenvalue weighted by atomic mass is 35.5. The van der Waals surface area contributed by atoms with Crippen molar-refractivity contribution in [1.29, 1.82) is 0 Å². The third-order valence-corrected chi connectivity index (χ3v) is 7.77. The number of halogens is 2. The van der Waals surface area contributed by atoms with Gasteiger partial charge in [-0.2, -0.15) is 0 Å². The molecule has 0 fully saturated rings. The van der Waals surface area contributed by atoms with Crippen LogP contribution in [-0.2, 0) is 9.75 Å². The number of hydrogen-bond acceptors (Lipinski definition) is 0. The SMILES string of the molecule is CC1(Cl)C([Si]C2=Cc3ccccc3C2(C)Cl)=Cc2ccccc21. The number of hydrogen-bond donors (Lipinski definition) is 0. The van der Waals surface area contributed by atoms with Gasteiger partial charge in [-0.3, -0.25) is 0 Å². The minimum atomic E-state index is -0.447. The molecular formula is C20H16Cl2Si. The predicted molar refractivity (Wildman–Crippen MR) is 101 cm³/mol. The summed E-state index contributed by atoms with van der Waals surface area (Å²) in [5.41, 5.74) is 4.83. The molecule has 4 rings (SSSR count). The van der Waals surface area contributed by atoms with E-state index >= 15 is 0 Å². The Bertz CT molecular complexity index is 788. The average molecular weight is 355 g/mol. The van der Waals surface area contributed by atoms with E-state index in [-0.39, 0.29) is 0 Å². The van der Waals surface area contributed by atoms with Crippen molar-refractivity contribution in [3.05, 3.63) is 81.2 Å². The van der Waals surface area contributed by atoms with Gasteiger partial charge in [0.2, 0.25) is 0 Å². The van der Waals surface area contributed by atoms with Crippen LogP contribution in [0.4, 0.5) is 0 Å². The number of alkyl halides is 2. The molecule has 2 radical (unpaired) electrons. The van der Waals surface area contributed by atoms with Crippen molar-refractivity contribution in [1.82, 2.24) is 0 Å². The predicted octanol–water partition coefficient (Wildman–Crippen LogP) is 5.71. The summed E-state index contributed by atoms with van der Waals surface area (Å²) in [4.78, 5) is -0.894. The van der Waals surface area contributed by atoms with Crippen LogP contribution in [0.3, 0.4) is 0 Å². The highest BCUT2D eigenvalue weighted by Crippen LogP contribution is 2.49. The Balaban J connectivity index is 1.71. The molecule has 0 aromatic heterocycles. The van der Waals surface area contributed by atoms with Crippen LogP contribution in [0.2, 0.25) is 0 Å². The van der Waals surface area contributed by atoms with Gasteiger partial charge in [0.25, 0.3) is 0 Å². The van der Waals surface area contributed by atoms with Crippen LogP contribution in [0, 0.1) is 0 Å². The van der Waals surface area contributed by atoms with E-state index in [4.69, 9.17) is 23.2 Å². The van der Waals surface area contributed by atoms with Crippen molar-refractivity contribution in [3.8, 4) is 0 Å². The van der Waals surface area contributed by atoms with E-state index < -0.39 is 9.75 Å². The fourth-order valence-electron chi connectivity index (χ4n) is 3.43. The van der Waals surface area contributed by atoms with Crippen LogP contribution >= 0.6 is 23.2 Å². The Morgan fingerprint density at radius 1 is 0.696 bits per heavy atom. The lowest BCUT2D eigenvalue weighted by Crippen LogP contribution is -2.24. The maximum atomic E-state index is 6.92. The topological polar surface area (TPSA) is 0 Å². The standard InChI is InChI=1S/C20H16Cl2Si/c1-19(21)15-9-5-3-7-13(15)11-17(19)23-18-12-14-8-4-6-10-16(14)20(18,2)22/h3-12H,1-2H3. The van der Waals surface area contributed by atoms with E-state index in [0.717, 1.165) is 0 Å². The molecule has 0 heterocycles. The van der Waals surface area contributed by atoms with Gasteiger partial charge in [-0.1, -0.05) is 71.1 Å². The van der Waals surface area contributed by atoms with E-state index in [1.165, 1.54) is 32.6 Å². The summed E-state index contributed by atoms with van der Waals surface area (Å²) >= 11 is 13.8. The van der Waals surface area contributed by atoms with Gasteiger partial charge in [-0.15, -0.1) is 23.2 Å². The zero-order chi connectivity index (χ0) is 16.2. The van der Waals surface area contributed by atoms with Crippen LogP contribution < -0.4 is 0 Å². The fraction of sp³-hybridized carbons (Fsp3) is 0.200. The minimum Gasteiger partial charge on any atom is -0.110 e. The van der Waals surface area contributed by atoms with Gasteiger partial charge in [-0.25, -0.2) is 0 Å². The summed E-state index contributed by atoms with van der Waals surface area (Å²) in [6.45, 7) is 4.18. The second kappa shape index (κ2) is 5.11. The van der Waals surface area contributed by atoms with Gasteiger partial charge in [0, 0.05) is 0 Å². The van der Waals surface area contributed by atoms with Gasteiger partial charge in [0.15, 0.2) is 0 Å². The largest absolute Gasteiger partial charge is 0.115 e. The second-order valence-electron chi connectivity index (χ2n) is 6.42. The molecule has 2 aromatic rings. The first kappa shape index (κ1) is 15.3. The van der Waals surface area contributed by atoms with Crippen LogP contribution in [-0.4, -0.2) is 9.52 Å². The molecule has 0 nitrogen and oxygen atoms in total. The van der Waals surface area contributed by atoms with E-state index in [1.807, 2.05) is 0 Å². The van der Waals surface area contributed by atoms with E-state index in [9.17, 15) is 0 Å². The molecule has 0 saturated carbocycles. The third-order valence-electron chi connectivity index (χ3n) is 4.81. The van der Waals surface area contributed by atoms with Crippen molar-refractivity contribution in [2.45, 2.75) is 23.6 Å². The Morgan fingerprint density at radius 2 is 1.09 bits per heavy atom. The van der Waals surface area contributed by atoms with Crippen molar-refractivity contribution in [2.24, 2.45) is 0 Å². The molecule has 0 amide bonds. The average Bonchev–Trinajstić information content (AvgIpc) is 2.92. The Morgan fingerprint density at radius 3 is 1.48 bits per heavy atom. The maximum absolute atomic E-state index is 6.92. The zero-order valence-corrected chi connectivity index (χ0v) is 15.5. The molecule has 3 heteroatoms. The summed E-state index contributed by atoms with van der Waals surface area (Å²) in [6, 6.07) is 16.7. The Kier molecular flexibility index (Phi) is 3.39. The minimum absolute atomic E-state index is 0.447. The lowest BCUT2D eigenvalue weighted by Gasteiger charge is -2.26. The molecule has 2 aliphatic rings. The van der Waals surface area contributed by atoms with Gasteiger partial charge in [0.1, 0.15) is 9.52 Å². The van der Waals surface area contributed by atoms with Crippen molar-refractivity contribution in [2.75, 3.05) is 0 Å². The zero-order valence-electron chi connectivity index (χ0n) is 13.0. The van der Waals surface area contributed by atoms with Crippen molar-refractivity contribution < 1.29 is 0 Å². The van der Waals surface area contributed by atoms with Crippen LogP contribution in [0.25, 0.3) is 12.2 Å². The first-order chi connectivity index (χ1) is 10.9. The molecule has 2 atom stereocenters. The van der Waals surface area contributed by atoms with Gasteiger partial charge in [-0.05, 0) is 36.1 Å². The van der Waals surface area contributed by atoms with Crippen LogP contribution in [0.5, 0.6) is 0 Å². The molecule has 0 N–H and O–H groups in total.